The third kappa shape index (κ3) is 5.24. The normalized spacial score (nSPS) is 10.6. The highest BCUT2D eigenvalue weighted by molar-refractivity contribution is 7.99. The Bertz CT molecular complexity index is 1000. The molecule has 8 nitrogen and oxygen atoms in total. The van der Waals surface area contributed by atoms with Gasteiger partial charge in [0.1, 0.15) is 0 Å². The Balaban J connectivity index is 1.49. The molecule has 2 aromatic carbocycles. The zero-order valence-corrected chi connectivity index (χ0v) is 18.0. The molecule has 0 aliphatic rings. The van der Waals surface area contributed by atoms with Crippen LogP contribution in [0, 0.1) is 6.92 Å². The SMILES string of the molecule is COc1ccc(CCNC(=O)CSc2nnc(-c3ccc(C)cc3)n2N)cc1OC. The number of methoxy groups -OCH3 is 2. The van der Waals surface area contributed by atoms with Gasteiger partial charge in [-0.25, -0.2) is 4.68 Å². The van der Waals surface area contributed by atoms with E-state index in [4.69, 9.17) is 15.3 Å². The number of thioether (sulfide) groups is 1. The number of benzene rings is 2. The summed E-state index contributed by atoms with van der Waals surface area (Å²) in [6.45, 7) is 2.53. The monoisotopic (exact) mass is 427 g/mol. The molecule has 0 saturated heterocycles. The van der Waals surface area contributed by atoms with Crippen molar-refractivity contribution in [3.63, 3.8) is 0 Å². The van der Waals surface area contributed by atoms with Gasteiger partial charge in [0.25, 0.3) is 0 Å². The van der Waals surface area contributed by atoms with Crippen LogP contribution in [-0.2, 0) is 11.2 Å². The van der Waals surface area contributed by atoms with Crippen LogP contribution in [0.5, 0.6) is 11.5 Å². The van der Waals surface area contributed by atoms with E-state index < -0.39 is 0 Å². The number of ether oxygens (including phenoxy) is 2. The summed E-state index contributed by atoms with van der Waals surface area (Å²) in [6.07, 6.45) is 0.682. The fourth-order valence-corrected chi connectivity index (χ4v) is 3.52. The van der Waals surface area contributed by atoms with Crippen LogP contribution >= 0.6 is 11.8 Å². The zero-order valence-electron chi connectivity index (χ0n) is 17.2. The predicted molar refractivity (Wildman–Crippen MR) is 117 cm³/mol. The highest BCUT2D eigenvalue weighted by Crippen LogP contribution is 2.27. The average molecular weight is 428 g/mol. The number of hydrogen-bond acceptors (Lipinski definition) is 7. The van der Waals surface area contributed by atoms with Crippen LogP contribution < -0.4 is 20.6 Å². The number of hydrogen-bond donors (Lipinski definition) is 2. The Morgan fingerprint density at radius 1 is 1.10 bits per heavy atom. The quantitative estimate of drug-likeness (QED) is 0.399. The average Bonchev–Trinajstić information content (AvgIpc) is 3.13. The van der Waals surface area contributed by atoms with Crippen molar-refractivity contribution >= 4 is 17.7 Å². The van der Waals surface area contributed by atoms with E-state index >= 15 is 0 Å². The molecule has 158 valence electrons. The van der Waals surface area contributed by atoms with Gasteiger partial charge in [-0.2, -0.15) is 0 Å². The van der Waals surface area contributed by atoms with Crippen molar-refractivity contribution in [2.75, 3.05) is 32.4 Å². The lowest BCUT2D eigenvalue weighted by atomic mass is 10.1. The number of aryl methyl sites for hydroxylation is 1. The number of carbonyl (C=O) groups excluding carboxylic acids is 1. The lowest BCUT2D eigenvalue weighted by Gasteiger charge is -2.10. The van der Waals surface area contributed by atoms with Crippen LogP contribution in [0.15, 0.2) is 47.6 Å². The smallest absolute Gasteiger partial charge is 0.230 e. The van der Waals surface area contributed by atoms with Crippen molar-refractivity contribution in [1.82, 2.24) is 20.2 Å². The minimum atomic E-state index is -0.0969. The van der Waals surface area contributed by atoms with Crippen LogP contribution in [0.1, 0.15) is 11.1 Å². The van der Waals surface area contributed by atoms with Gasteiger partial charge in [0.2, 0.25) is 11.1 Å². The van der Waals surface area contributed by atoms with E-state index in [1.165, 1.54) is 16.4 Å². The van der Waals surface area contributed by atoms with Gasteiger partial charge in [-0.1, -0.05) is 47.7 Å². The molecule has 0 bridgehead atoms. The minimum Gasteiger partial charge on any atom is -0.493 e. The summed E-state index contributed by atoms with van der Waals surface area (Å²) in [7, 11) is 3.20. The van der Waals surface area contributed by atoms with Gasteiger partial charge < -0.3 is 20.6 Å². The summed E-state index contributed by atoms with van der Waals surface area (Å²) < 4.78 is 11.9. The molecule has 0 radical (unpaired) electrons. The number of nitrogens with two attached hydrogens (primary N) is 1. The molecule has 0 spiro atoms. The van der Waals surface area contributed by atoms with Gasteiger partial charge in [-0.05, 0) is 31.0 Å². The number of rotatable bonds is 9. The number of nitrogens with zero attached hydrogens (tertiary/aromatic N) is 3. The standard InChI is InChI=1S/C21H25N5O3S/c1-14-4-7-16(8-5-14)20-24-25-21(26(20)22)30-13-19(27)23-11-10-15-6-9-17(28-2)18(12-15)29-3/h4-9,12H,10-11,13,22H2,1-3H3,(H,23,27). The number of carbonyl (C=O) groups is 1. The van der Waals surface area contributed by atoms with Crippen molar-refractivity contribution in [2.24, 2.45) is 0 Å². The second kappa shape index (κ2) is 10.0. The second-order valence-electron chi connectivity index (χ2n) is 6.62. The number of nitrogens with one attached hydrogen (secondary N) is 1. The van der Waals surface area contributed by atoms with E-state index in [0.717, 1.165) is 16.7 Å². The van der Waals surface area contributed by atoms with Crippen molar-refractivity contribution in [2.45, 2.75) is 18.5 Å². The Kier molecular flexibility index (Phi) is 7.18. The summed E-state index contributed by atoms with van der Waals surface area (Å²) in [5, 5.41) is 11.6. The first-order valence-electron chi connectivity index (χ1n) is 9.39. The molecular formula is C21H25N5O3S. The fourth-order valence-electron chi connectivity index (χ4n) is 2.84. The molecule has 3 rings (SSSR count). The fraction of sp³-hybridized carbons (Fsp3) is 0.286. The van der Waals surface area contributed by atoms with Crippen molar-refractivity contribution in [3.05, 3.63) is 53.6 Å². The molecule has 30 heavy (non-hydrogen) atoms. The molecule has 3 N–H and O–H groups in total. The summed E-state index contributed by atoms with van der Waals surface area (Å²) in [5.41, 5.74) is 3.08. The van der Waals surface area contributed by atoms with E-state index in [-0.39, 0.29) is 11.7 Å². The van der Waals surface area contributed by atoms with E-state index in [0.29, 0.717) is 35.4 Å². The molecule has 1 amide bonds. The topological polar surface area (TPSA) is 104 Å². The maximum atomic E-state index is 12.2. The molecule has 0 saturated carbocycles. The predicted octanol–water partition coefficient (Wildman–Crippen LogP) is 2.44. The molecule has 3 aromatic rings. The van der Waals surface area contributed by atoms with Crippen LogP contribution in [0.4, 0.5) is 0 Å². The van der Waals surface area contributed by atoms with Gasteiger partial charge in [-0.3, -0.25) is 4.79 Å². The summed E-state index contributed by atoms with van der Waals surface area (Å²) >= 11 is 1.25. The molecule has 0 unspecified atom stereocenters. The summed E-state index contributed by atoms with van der Waals surface area (Å²) in [5.74, 6) is 8.12. The largest absolute Gasteiger partial charge is 0.493 e. The number of amides is 1. The first-order chi connectivity index (χ1) is 14.5. The van der Waals surface area contributed by atoms with Crippen LogP contribution in [0.25, 0.3) is 11.4 Å². The molecule has 0 fully saturated rings. The third-order valence-corrected chi connectivity index (χ3v) is 5.43. The van der Waals surface area contributed by atoms with Gasteiger partial charge in [-0.15, -0.1) is 10.2 Å². The van der Waals surface area contributed by atoms with Gasteiger partial charge in [0.05, 0.1) is 20.0 Å². The molecule has 0 aliphatic carbocycles. The van der Waals surface area contributed by atoms with Crippen LogP contribution in [-0.4, -0.2) is 47.3 Å². The highest BCUT2D eigenvalue weighted by atomic mass is 32.2. The summed E-state index contributed by atoms with van der Waals surface area (Å²) in [4.78, 5) is 12.2. The maximum Gasteiger partial charge on any atom is 0.230 e. The van der Waals surface area contributed by atoms with Crippen LogP contribution in [0.2, 0.25) is 0 Å². The van der Waals surface area contributed by atoms with E-state index in [1.54, 1.807) is 14.2 Å². The highest BCUT2D eigenvalue weighted by Gasteiger charge is 2.13. The Labute approximate surface area is 179 Å². The zero-order chi connectivity index (χ0) is 21.5. The molecule has 0 atom stereocenters. The molecule has 0 aliphatic heterocycles. The maximum absolute atomic E-state index is 12.2. The Hall–Kier alpha value is -3.20. The Morgan fingerprint density at radius 2 is 1.83 bits per heavy atom. The van der Waals surface area contributed by atoms with Crippen LogP contribution in [0.3, 0.4) is 0 Å². The molecule has 9 heteroatoms. The van der Waals surface area contributed by atoms with E-state index in [9.17, 15) is 4.79 Å². The Morgan fingerprint density at radius 3 is 2.53 bits per heavy atom. The third-order valence-electron chi connectivity index (χ3n) is 4.49. The second-order valence-corrected chi connectivity index (χ2v) is 7.56. The van der Waals surface area contributed by atoms with Crippen molar-refractivity contribution in [3.8, 4) is 22.9 Å². The van der Waals surface area contributed by atoms with E-state index in [1.807, 2.05) is 49.4 Å². The van der Waals surface area contributed by atoms with Gasteiger partial charge in [0.15, 0.2) is 17.3 Å². The number of nitrogen functional groups attached to an aromatic ring is 1. The first kappa shape index (κ1) is 21.5. The molecular weight excluding hydrogens is 402 g/mol. The van der Waals surface area contributed by atoms with Gasteiger partial charge in [0, 0.05) is 12.1 Å². The van der Waals surface area contributed by atoms with Gasteiger partial charge >= 0.3 is 0 Å². The summed E-state index contributed by atoms with van der Waals surface area (Å²) in [6, 6.07) is 13.6. The first-order valence-corrected chi connectivity index (χ1v) is 10.4. The van der Waals surface area contributed by atoms with Crippen molar-refractivity contribution in [1.29, 1.82) is 0 Å². The van der Waals surface area contributed by atoms with E-state index in [2.05, 4.69) is 15.5 Å². The molecule has 1 heterocycles. The van der Waals surface area contributed by atoms with Crippen molar-refractivity contribution < 1.29 is 14.3 Å². The molecule has 1 aromatic heterocycles. The lowest BCUT2D eigenvalue weighted by molar-refractivity contribution is -0.118. The number of aromatic nitrogens is 3. The lowest BCUT2D eigenvalue weighted by Crippen LogP contribution is -2.27. The minimum absolute atomic E-state index is 0.0969.